The molecule has 3 aromatic rings. The van der Waals surface area contributed by atoms with E-state index in [0.717, 1.165) is 5.69 Å². The lowest BCUT2D eigenvalue weighted by Gasteiger charge is -2.34. The number of benzene rings is 2. The summed E-state index contributed by atoms with van der Waals surface area (Å²) in [5.41, 5.74) is 1.35. The molecule has 0 aliphatic carbocycles. The highest BCUT2D eigenvalue weighted by Gasteiger charge is 2.22. The second-order valence-electron chi connectivity index (χ2n) is 7.05. The zero-order valence-corrected chi connectivity index (χ0v) is 16.3. The van der Waals surface area contributed by atoms with E-state index in [9.17, 15) is 13.6 Å². The summed E-state index contributed by atoms with van der Waals surface area (Å²) in [5.74, 6) is 0.0602. The Morgan fingerprint density at radius 3 is 2.53 bits per heavy atom. The van der Waals surface area contributed by atoms with E-state index >= 15 is 0 Å². The first kappa shape index (κ1) is 20.0. The summed E-state index contributed by atoms with van der Waals surface area (Å²) in [7, 11) is 0. The minimum Gasteiger partial charge on any atom is -0.484 e. The molecule has 1 aliphatic heterocycles. The lowest BCUT2D eigenvalue weighted by atomic mass is 10.2. The van der Waals surface area contributed by atoms with Crippen LogP contribution < -0.4 is 4.74 Å². The van der Waals surface area contributed by atoms with Crippen molar-refractivity contribution in [2.45, 2.75) is 6.54 Å². The number of hydrogen-bond donors (Lipinski definition) is 0. The van der Waals surface area contributed by atoms with E-state index in [-0.39, 0.29) is 24.1 Å². The number of halogens is 2. The third-order valence-electron chi connectivity index (χ3n) is 4.91. The van der Waals surface area contributed by atoms with Crippen molar-refractivity contribution >= 4 is 5.91 Å². The highest BCUT2D eigenvalue weighted by Crippen LogP contribution is 2.20. The van der Waals surface area contributed by atoms with Gasteiger partial charge in [-0.15, -0.1) is 0 Å². The molecule has 4 rings (SSSR count). The molecule has 0 bridgehead atoms. The fourth-order valence-electron chi connectivity index (χ4n) is 3.29. The number of carbonyl (C=O) groups is 1. The summed E-state index contributed by atoms with van der Waals surface area (Å²) in [4.78, 5) is 20.7. The molecule has 1 amide bonds. The molecule has 1 aliphatic rings. The van der Waals surface area contributed by atoms with Crippen molar-refractivity contribution in [3.63, 3.8) is 0 Å². The van der Waals surface area contributed by atoms with Gasteiger partial charge in [-0.2, -0.15) is 0 Å². The predicted octanol–water partition coefficient (Wildman–Crippen LogP) is 3.34. The van der Waals surface area contributed by atoms with E-state index in [2.05, 4.69) is 9.88 Å². The second-order valence-corrected chi connectivity index (χ2v) is 7.05. The Kier molecular flexibility index (Phi) is 6.04. The van der Waals surface area contributed by atoms with Crippen LogP contribution in [0.15, 0.2) is 59.2 Å². The molecule has 0 saturated carbocycles. The molecule has 0 radical (unpaired) electrons. The van der Waals surface area contributed by atoms with Crippen LogP contribution in [0.5, 0.6) is 5.75 Å². The number of carbonyl (C=O) groups excluding carboxylic acids is 1. The van der Waals surface area contributed by atoms with Crippen molar-refractivity contribution in [2.75, 3.05) is 32.8 Å². The van der Waals surface area contributed by atoms with Crippen molar-refractivity contribution in [1.29, 1.82) is 0 Å². The van der Waals surface area contributed by atoms with Gasteiger partial charge in [0.1, 0.15) is 23.6 Å². The third-order valence-corrected chi connectivity index (χ3v) is 4.91. The number of amides is 1. The number of piperazine rings is 1. The predicted molar refractivity (Wildman–Crippen MR) is 106 cm³/mol. The Hall–Kier alpha value is -3.26. The molecular weight excluding hydrogens is 392 g/mol. The van der Waals surface area contributed by atoms with E-state index in [1.807, 2.05) is 0 Å². The van der Waals surface area contributed by atoms with Crippen molar-refractivity contribution in [1.82, 2.24) is 14.8 Å². The van der Waals surface area contributed by atoms with E-state index in [4.69, 9.17) is 9.15 Å². The summed E-state index contributed by atoms with van der Waals surface area (Å²) in [6, 6.07) is 11.7. The number of nitrogens with zero attached hydrogens (tertiary/aromatic N) is 3. The van der Waals surface area contributed by atoms with Gasteiger partial charge in [-0.25, -0.2) is 13.8 Å². The van der Waals surface area contributed by atoms with Crippen LogP contribution in [0.1, 0.15) is 5.69 Å². The monoisotopic (exact) mass is 413 g/mol. The van der Waals surface area contributed by atoms with Crippen molar-refractivity contribution < 1.29 is 22.7 Å². The average Bonchev–Trinajstić information content (AvgIpc) is 3.22. The van der Waals surface area contributed by atoms with Gasteiger partial charge in [0.25, 0.3) is 5.91 Å². The molecule has 1 aromatic heterocycles. The van der Waals surface area contributed by atoms with Gasteiger partial charge in [-0.1, -0.05) is 6.07 Å². The van der Waals surface area contributed by atoms with Gasteiger partial charge in [0, 0.05) is 38.3 Å². The minimum atomic E-state index is -0.347. The van der Waals surface area contributed by atoms with Gasteiger partial charge in [0.15, 0.2) is 6.61 Å². The molecule has 2 heterocycles. The van der Waals surface area contributed by atoms with Gasteiger partial charge in [-0.3, -0.25) is 9.69 Å². The topological polar surface area (TPSA) is 58.8 Å². The maximum Gasteiger partial charge on any atom is 0.260 e. The lowest BCUT2D eigenvalue weighted by molar-refractivity contribution is -0.135. The van der Waals surface area contributed by atoms with Gasteiger partial charge in [-0.05, 0) is 42.5 Å². The number of ether oxygens (including phenoxy) is 1. The Labute approximate surface area is 172 Å². The van der Waals surface area contributed by atoms with Gasteiger partial charge in [0.2, 0.25) is 5.89 Å². The molecular formula is C22H21F2N3O3. The quantitative estimate of drug-likeness (QED) is 0.620. The van der Waals surface area contributed by atoms with E-state index in [1.165, 1.54) is 36.4 Å². The van der Waals surface area contributed by atoms with Crippen molar-refractivity contribution in [2.24, 2.45) is 0 Å². The highest BCUT2D eigenvalue weighted by atomic mass is 19.1. The minimum absolute atomic E-state index is 0.0775. The Bertz CT molecular complexity index is 999. The normalized spacial score (nSPS) is 14.7. The Balaban J connectivity index is 1.24. The first-order chi connectivity index (χ1) is 14.6. The largest absolute Gasteiger partial charge is 0.484 e. The Morgan fingerprint density at radius 2 is 1.80 bits per heavy atom. The first-order valence-electron chi connectivity index (χ1n) is 9.66. The molecule has 1 saturated heterocycles. The SMILES string of the molecule is O=C(COc1ccc(F)cc1)N1CCN(Cc2coc(-c3cccc(F)c3)n2)CC1. The van der Waals surface area contributed by atoms with E-state index in [0.29, 0.717) is 49.9 Å². The molecule has 30 heavy (non-hydrogen) atoms. The Morgan fingerprint density at radius 1 is 1.03 bits per heavy atom. The van der Waals surface area contributed by atoms with Crippen molar-refractivity contribution in [3.8, 4) is 17.2 Å². The molecule has 156 valence electrons. The third kappa shape index (κ3) is 5.01. The molecule has 6 nitrogen and oxygen atoms in total. The smallest absolute Gasteiger partial charge is 0.260 e. The molecule has 1 fully saturated rings. The number of aromatic nitrogens is 1. The molecule has 0 unspecified atom stereocenters. The molecule has 0 atom stereocenters. The van der Waals surface area contributed by atoms with Gasteiger partial charge < -0.3 is 14.1 Å². The summed E-state index contributed by atoms with van der Waals surface area (Å²) in [6.07, 6.45) is 1.58. The molecule has 0 N–H and O–H groups in total. The fraction of sp³-hybridized carbons (Fsp3) is 0.273. The maximum atomic E-state index is 13.4. The van der Waals surface area contributed by atoms with Crippen molar-refractivity contribution in [3.05, 3.63) is 72.1 Å². The fourth-order valence-corrected chi connectivity index (χ4v) is 3.29. The maximum absolute atomic E-state index is 13.4. The van der Waals surface area contributed by atoms with Crippen LogP contribution in [-0.2, 0) is 11.3 Å². The number of rotatable bonds is 6. The van der Waals surface area contributed by atoms with Crippen LogP contribution in [0.3, 0.4) is 0 Å². The zero-order valence-electron chi connectivity index (χ0n) is 16.3. The lowest BCUT2D eigenvalue weighted by Crippen LogP contribution is -2.49. The summed E-state index contributed by atoms with van der Waals surface area (Å²) in [5, 5.41) is 0. The van der Waals surface area contributed by atoms with Crippen LogP contribution in [0.25, 0.3) is 11.5 Å². The highest BCUT2D eigenvalue weighted by molar-refractivity contribution is 5.77. The summed E-state index contributed by atoms with van der Waals surface area (Å²) < 4.78 is 37.2. The van der Waals surface area contributed by atoms with Crippen LogP contribution in [0, 0.1) is 11.6 Å². The molecule has 2 aromatic carbocycles. The number of hydrogen-bond acceptors (Lipinski definition) is 5. The van der Waals surface area contributed by atoms with Crippen LogP contribution in [0.2, 0.25) is 0 Å². The van der Waals surface area contributed by atoms with Crippen LogP contribution in [-0.4, -0.2) is 53.5 Å². The molecule has 8 heteroatoms. The molecule has 0 spiro atoms. The van der Waals surface area contributed by atoms with Gasteiger partial charge in [0.05, 0.1) is 5.69 Å². The van der Waals surface area contributed by atoms with E-state index < -0.39 is 0 Å². The average molecular weight is 413 g/mol. The van der Waals surface area contributed by atoms with Gasteiger partial charge >= 0.3 is 0 Å². The summed E-state index contributed by atoms with van der Waals surface area (Å²) in [6.45, 7) is 3.08. The summed E-state index contributed by atoms with van der Waals surface area (Å²) >= 11 is 0. The van der Waals surface area contributed by atoms with Crippen LogP contribution in [0.4, 0.5) is 8.78 Å². The number of oxazole rings is 1. The van der Waals surface area contributed by atoms with Crippen LogP contribution >= 0.6 is 0 Å². The first-order valence-corrected chi connectivity index (χ1v) is 9.66. The standard InChI is InChI=1S/C22H21F2N3O3/c23-17-4-6-20(7-5-17)29-15-21(28)27-10-8-26(9-11-27)13-19-14-30-22(25-19)16-2-1-3-18(24)12-16/h1-7,12,14H,8-11,13,15H2. The zero-order chi connectivity index (χ0) is 20.9. The second kappa shape index (κ2) is 9.04. The van der Waals surface area contributed by atoms with E-state index in [1.54, 1.807) is 23.3 Å².